The van der Waals surface area contributed by atoms with E-state index in [1.165, 1.54) is 6.07 Å². The summed E-state index contributed by atoms with van der Waals surface area (Å²) in [7, 11) is 0. The van der Waals surface area contributed by atoms with Crippen molar-refractivity contribution in [1.29, 1.82) is 0 Å². The predicted octanol–water partition coefficient (Wildman–Crippen LogP) is 3.65. The number of benzene rings is 2. The Kier molecular flexibility index (Phi) is 3.63. The topological polar surface area (TPSA) is 122 Å². The van der Waals surface area contributed by atoms with Crippen LogP contribution in [-0.2, 0) is 0 Å². The molecular weight excluding hydrogens is 332 g/mol. The summed E-state index contributed by atoms with van der Waals surface area (Å²) in [6, 6.07) is 7.68. The Bertz CT molecular complexity index is 921. The smallest absolute Gasteiger partial charge is 0.318 e. The normalized spacial score (nSPS) is 14.6. The van der Waals surface area contributed by atoms with E-state index in [2.05, 4.69) is 0 Å². The van der Waals surface area contributed by atoms with Gasteiger partial charge in [-0.15, -0.1) is 0 Å². The number of ether oxygens (including phenoxy) is 2. The van der Waals surface area contributed by atoms with E-state index < -0.39 is 26.8 Å². The first kappa shape index (κ1) is 16.4. The molecule has 0 atom stereocenters. The minimum absolute atomic E-state index is 0.0880. The van der Waals surface area contributed by atoms with Crippen molar-refractivity contribution in [3.8, 4) is 17.2 Å². The summed E-state index contributed by atoms with van der Waals surface area (Å²) >= 11 is 0. The Labute approximate surface area is 141 Å². The first-order valence-corrected chi connectivity index (χ1v) is 7.18. The first-order chi connectivity index (χ1) is 11.7. The van der Waals surface area contributed by atoms with Crippen LogP contribution in [0.1, 0.15) is 24.2 Å². The third-order valence-corrected chi connectivity index (χ3v) is 3.70. The second kappa shape index (κ2) is 5.55. The number of rotatable bonds is 4. The molecule has 128 valence electrons. The molecule has 2 aromatic carbocycles. The monoisotopic (exact) mass is 344 g/mol. The van der Waals surface area contributed by atoms with Crippen LogP contribution in [0.5, 0.6) is 17.2 Å². The molecule has 25 heavy (non-hydrogen) atoms. The number of carbonyl (C=O) groups excluding carboxylic acids is 1. The largest absolute Gasteiger partial charge is 0.479 e. The number of hydrogen-bond acceptors (Lipinski definition) is 7. The van der Waals surface area contributed by atoms with Gasteiger partial charge in [0.1, 0.15) is 17.1 Å². The number of hydrogen-bond donors (Lipinski definition) is 0. The number of nitro benzene ring substituents is 2. The van der Waals surface area contributed by atoms with Gasteiger partial charge in [0.05, 0.1) is 15.9 Å². The third-order valence-electron chi connectivity index (χ3n) is 3.70. The van der Waals surface area contributed by atoms with Crippen LogP contribution in [0.15, 0.2) is 36.4 Å². The summed E-state index contributed by atoms with van der Waals surface area (Å²) < 4.78 is 11.1. The Hall–Kier alpha value is -3.49. The zero-order chi connectivity index (χ0) is 18.4. The van der Waals surface area contributed by atoms with E-state index in [0.29, 0.717) is 5.75 Å². The van der Waals surface area contributed by atoms with E-state index in [0.717, 1.165) is 18.2 Å². The highest BCUT2D eigenvalue weighted by Gasteiger charge is 2.42. The predicted molar refractivity (Wildman–Crippen MR) is 85.3 cm³/mol. The molecule has 0 aliphatic carbocycles. The van der Waals surface area contributed by atoms with Gasteiger partial charge in [-0.2, -0.15) is 0 Å². The molecule has 0 fully saturated rings. The van der Waals surface area contributed by atoms with E-state index >= 15 is 0 Å². The van der Waals surface area contributed by atoms with Gasteiger partial charge in [-0.05, 0) is 32.0 Å². The van der Waals surface area contributed by atoms with Crippen LogP contribution in [-0.4, -0.2) is 21.2 Å². The van der Waals surface area contributed by atoms with E-state index in [1.54, 1.807) is 26.0 Å². The van der Waals surface area contributed by atoms with E-state index in [-0.39, 0.29) is 22.8 Å². The van der Waals surface area contributed by atoms with Gasteiger partial charge in [0.25, 0.3) is 5.69 Å². The number of non-ortho nitro benzene ring substituents is 1. The second-order valence-electron chi connectivity index (χ2n) is 5.84. The Morgan fingerprint density at radius 1 is 1.04 bits per heavy atom. The molecule has 0 unspecified atom stereocenters. The molecule has 0 bridgehead atoms. The number of nitro groups is 2. The highest BCUT2D eigenvalue weighted by atomic mass is 16.6. The fraction of sp³-hybridized carbons (Fsp3) is 0.188. The molecule has 0 amide bonds. The maximum absolute atomic E-state index is 12.5. The summed E-state index contributed by atoms with van der Waals surface area (Å²) in [5.41, 5.74) is -1.89. The molecule has 1 aliphatic rings. The lowest BCUT2D eigenvalue weighted by atomic mass is 9.99. The van der Waals surface area contributed by atoms with Gasteiger partial charge in [0.2, 0.25) is 11.5 Å². The zero-order valence-corrected chi connectivity index (χ0v) is 13.2. The Balaban J connectivity index is 2.06. The molecule has 2 aromatic rings. The Morgan fingerprint density at radius 3 is 2.40 bits per heavy atom. The van der Waals surface area contributed by atoms with Crippen LogP contribution >= 0.6 is 0 Å². The Morgan fingerprint density at radius 2 is 1.76 bits per heavy atom. The molecule has 3 rings (SSSR count). The lowest BCUT2D eigenvalue weighted by Gasteiger charge is -2.14. The minimum atomic E-state index is -1.07. The van der Waals surface area contributed by atoms with Gasteiger partial charge in [-0.1, -0.05) is 6.07 Å². The summed E-state index contributed by atoms with van der Waals surface area (Å²) in [4.78, 5) is 32.9. The lowest BCUT2D eigenvalue weighted by molar-refractivity contribution is -0.394. The number of fused-ring (bicyclic) bond motifs is 1. The number of ketones is 1. The van der Waals surface area contributed by atoms with Crippen molar-refractivity contribution in [2.24, 2.45) is 0 Å². The third kappa shape index (κ3) is 2.75. The van der Waals surface area contributed by atoms with Gasteiger partial charge in [-0.3, -0.25) is 25.0 Å². The fourth-order valence-corrected chi connectivity index (χ4v) is 2.49. The molecule has 9 heteroatoms. The highest BCUT2D eigenvalue weighted by Crippen LogP contribution is 2.43. The van der Waals surface area contributed by atoms with Crippen molar-refractivity contribution in [1.82, 2.24) is 0 Å². The lowest BCUT2D eigenvalue weighted by Crippen LogP contribution is -2.32. The van der Waals surface area contributed by atoms with Crippen LogP contribution in [0, 0.1) is 20.2 Å². The van der Waals surface area contributed by atoms with Crippen molar-refractivity contribution in [2.75, 3.05) is 0 Å². The number of Topliss-reactive ketones (excluding diaryl/α,β-unsaturated/α-hetero) is 1. The molecule has 9 nitrogen and oxygen atoms in total. The van der Waals surface area contributed by atoms with Crippen LogP contribution < -0.4 is 9.47 Å². The highest BCUT2D eigenvalue weighted by molar-refractivity contribution is 6.09. The number of nitrogens with zero attached hydrogens (tertiary/aromatic N) is 2. The minimum Gasteiger partial charge on any atom is -0.479 e. The fourth-order valence-electron chi connectivity index (χ4n) is 2.49. The average Bonchev–Trinajstić information content (AvgIpc) is 2.77. The molecule has 0 saturated heterocycles. The van der Waals surface area contributed by atoms with Crippen molar-refractivity contribution >= 4 is 17.2 Å². The van der Waals surface area contributed by atoms with Gasteiger partial charge in [-0.25, -0.2) is 0 Å². The zero-order valence-electron chi connectivity index (χ0n) is 13.2. The van der Waals surface area contributed by atoms with Crippen LogP contribution in [0.2, 0.25) is 0 Å². The van der Waals surface area contributed by atoms with Crippen LogP contribution in [0.4, 0.5) is 11.4 Å². The summed E-state index contributed by atoms with van der Waals surface area (Å²) in [5, 5.41) is 22.0. The van der Waals surface area contributed by atoms with E-state index in [4.69, 9.17) is 9.47 Å². The molecule has 1 aliphatic heterocycles. The summed E-state index contributed by atoms with van der Waals surface area (Å²) in [6.07, 6.45) is 0. The van der Waals surface area contributed by atoms with Gasteiger partial charge >= 0.3 is 5.69 Å². The van der Waals surface area contributed by atoms with Crippen molar-refractivity contribution in [2.45, 2.75) is 19.4 Å². The van der Waals surface area contributed by atoms with Crippen LogP contribution in [0.3, 0.4) is 0 Å². The van der Waals surface area contributed by atoms with Crippen LogP contribution in [0.25, 0.3) is 0 Å². The van der Waals surface area contributed by atoms with Crippen molar-refractivity contribution < 1.29 is 24.1 Å². The molecule has 1 heterocycles. The quantitative estimate of drug-likeness (QED) is 0.612. The van der Waals surface area contributed by atoms with Gasteiger partial charge < -0.3 is 9.47 Å². The van der Waals surface area contributed by atoms with E-state index in [9.17, 15) is 25.0 Å². The molecule has 0 radical (unpaired) electrons. The SMILES string of the molecule is CC1(C)Oc2cccc(Oc3ccc([N+](=O)[O-])cc3[N+](=O)[O-])c2C1=O. The molecule has 0 spiro atoms. The molecule has 0 N–H and O–H groups in total. The van der Waals surface area contributed by atoms with Crippen molar-refractivity contribution in [3.63, 3.8) is 0 Å². The molecular formula is C16H12N2O7. The summed E-state index contributed by atoms with van der Waals surface area (Å²) in [6.45, 7) is 3.21. The molecule has 0 aromatic heterocycles. The maximum atomic E-state index is 12.5. The number of carbonyl (C=O) groups is 1. The standard InChI is InChI=1S/C16H12N2O7/c1-16(2)15(19)14-12(4-3-5-13(14)25-16)24-11-7-6-9(17(20)21)8-10(11)18(22)23/h3-8H,1-2H3. The molecule has 0 saturated carbocycles. The van der Waals surface area contributed by atoms with Crippen molar-refractivity contribution in [3.05, 3.63) is 62.2 Å². The second-order valence-corrected chi connectivity index (χ2v) is 5.84. The van der Waals surface area contributed by atoms with Gasteiger partial charge in [0, 0.05) is 6.07 Å². The average molecular weight is 344 g/mol. The van der Waals surface area contributed by atoms with E-state index in [1.807, 2.05) is 0 Å². The van der Waals surface area contributed by atoms with Gasteiger partial charge in [0.15, 0.2) is 5.60 Å². The summed E-state index contributed by atoms with van der Waals surface area (Å²) in [5.74, 6) is -0.119. The maximum Gasteiger partial charge on any atom is 0.318 e. The first-order valence-electron chi connectivity index (χ1n) is 7.18.